The van der Waals surface area contributed by atoms with Crippen LogP contribution in [-0.2, 0) is 0 Å². The topological polar surface area (TPSA) is 70.3 Å². The van der Waals surface area contributed by atoms with Crippen molar-refractivity contribution < 1.29 is 9.47 Å². The Labute approximate surface area is 121 Å². The summed E-state index contributed by atoms with van der Waals surface area (Å²) in [4.78, 5) is 8.60. The molecule has 3 rings (SSSR count). The molecule has 0 bridgehead atoms. The summed E-state index contributed by atoms with van der Waals surface area (Å²) in [6.45, 7) is 3.07. The number of ether oxygens (including phenoxy) is 2. The van der Waals surface area contributed by atoms with Gasteiger partial charge in [-0.1, -0.05) is 11.6 Å². The normalized spacial score (nSPS) is 13.9. The van der Waals surface area contributed by atoms with Crippen LogP contribution in [0.3, 0.4) is 0 Å². The Morgan fingerprint density at radius 3 is 2.75 bits per heavy atom. The number of aromatic nitrogens is 2. The smallest absolute Gasteiger partial charge is 0.179 e. The number of hydrogen-bond donors (Lipinski definition) is 1. The van der Waals surface area contributed by atoms with Crippen molar-refractivity contribution in [1.82, 2.24) is 9.97 Å². The summed E-state index contributed by atoms with van der Waals surface area (Å²) in [6, 6.07) is 5.32. The number of nitrogens with zero attached hydrogens (tertiary/aromatic N) is 2. The Bertz CT molecular complexity index is 641. The molecule has 2 heterocycles. The first-order valence-electron chi connectivity index (χ1n) is 6.34. The molecule has 1 aromatic carbocycles. The molecule has 1 aliphatic heterocycles. The van der Waals surface area contributed by atoms with Crippen molar-refractivity contribution in [3.8, 4) is 22.9 Å². The summed E-state index contributed by atoms with van der Waals surface area (Å²) in [5, 5.41) is 0.489. The highest BCUT2D eigenvalue weighted by molar-refractivity contribution is 6.32. The lowest BCUT2D eigenvalue weighted by atomic mass is 10.2. The highest BCUT2D eigenvalue weighted by Gasteiger charge is 2.17. The van der Waals surface area contributed by atoms with Crippen molar-refractivity contribution in [2.75, 3.05) is 18.9 Å². The van der Waals surface area contributed by atoms with Gasteiger partial charge in [0.2, 0.25) is 0 Å². The minimum atomic E-state index is 0.427. The van der Waals surface area contributed by atoms with Crippen molar-refractivity contribution in [3.05, 3.63) is 28.9 Å². The van der Waals surface area contributed by atoms with E-state index in [2.05, 4.69) is 9.97 Å². The molecule has 1 aromatic heterocycles. The Morgan fingerprint density at radius 2 is 1.95 bits per heavy atom. The van der Waals surface area contributed by atoms with Crippen LogP contribution >= 0.6 is 11.6 Å². The molecule has 20 heavy (non-hydrogen) atoms. The fourth-order valence-corrected chi connectivity index (χ4v) is 2.35. The highest BCUT2D eigenvalue weighted by Crippen LogP contribution is 2.40. The van der Waals surface area contributed by atoms with Crippen LogP contribution in [0.1, 0.15) is 12.1 Å². The first kappa shape index (κ1) is 13.0. The molecule has 1 aliphatic rings. The molecule has 0 fully saturated rings. The van der Waals surface area contributed by atoms with Crippen LogP contribution in [-0.4, -0.2) is 23.2 Å². The van der Waals surface area contributed by atoms with Crippen LogP contribution < -0.4 is 15.2 Å². The van der Waals surface area contributed by atoms with Crippen molar-refractivity contribution in [1.29, 1.82) is 0 Å². The fourth-order valence-electron chi connectivity index (χ4n) is 2.08. The van der Waals surface area contributed by atoms with E-state index in [0.717, 1.165) is 17.7 Å². The predicted octanol–water partition coefficient (Wildman–Crippen LogP) is 2.85. The standard InChI is InChI=1S/C14H14ClN3O2/c1-8-5-12(16)18-14(17-8)9-6-10(15)13-11(7-9)19-3-2-4-20-13/h5-7H,2-4H2,1H3,(H2,16,17,18). The van der Waals surface area contributed by atoms with E-state index < -0.39 is 0 Å². The molecule has 2 N–H and O–H groups in total. The van der Waals surface area contributed by atoms with Crippen molar-refractivity contribution in [2.45, 2.75) is 13.3 Å². The molecule has 5 nitrogen and oxygen atoms in total. The average molecular weight is 292 g/mol. The van der Waals surface area contributed by atoms with Gasteiger partial charge in [-0.2, -0.15) is 0 Å². The Kier molecular flexibility index (Phi) is 3.36. The average Bonchev–Trinajstić information content (AvgIpc) is 2.63. The molecule has 0 saturated carbocycles. The zero-order valence-electron chi connectivity index (χ0n) is 11.0. The second-order valence-corrected chi connectivity index (χ2v) is 5.00. The largest absolute Gasteiger partial charge is 0.489 e. The Morgan fingerprint density at radius 1 is 1.15 bits per heavy atom. The lowest BCUT2D eigenvalue weighted by Gasteiger charge is -2.11. The molecule has 0 amide bonds. The Hall–Kier alpha value is -2.01. The third kappa shape index (κ3) is 2.49. The molecule has 104 valence electrons. The van der Waals surface area contributed by atoms with Crippen LogP contribution in [0.5, 0.6) is 11.5 Å². The third-order valence-electron chi connectivity index (χ3n) is 2.93. The molecule has 0 saturated heterocycles. The van der Waals surface area contributed by atoms with Crippen LogP contribution in [0, 0.1) is 6.92 Å². The van der Waals surface area contributed by atoms with E-state index in [9.17, 15) is 0 Å². The van der Waals surface area contributed by atoms with Gasteiger partial charge >= 0.3 is 0 Å². The zero-order chi connectivity index (χ0) is 14.1. The van der Waals surface area contributed by atoms with Crippen LogP contribution in [0.2, 0.25) is 5.02 Å². The van der Waals surface area contributed by atoms with E-state index in [-0.39, 0.29) is 0 Å². The molecule has 0 aliphatic carbocycles. The maximum absolute atomic E-state index is 6.26. The van der Waals surface area contributed by atoms with Crippen molar-refractivity contribution in [3.63, 3.8) is 0 Å². The van der Waals surface area contributed by atoms with E-state index in [0.29, 0.717) is 41.4 Å². The highest BCUT2D eigenvalue weighted by atomic mass is 35.5. The maximum atomic E-state index is 6.26. The molecular formula is C14H14ClN3O2. The maximum Gasteiger partial charge on any atom is 0.179 e. The van der Waals surface area contributed by atoms with Crippen molar-refractivity contribution in [2.24, 2.45) is 0 Å². The van der Waals surface area contributed by atoms with Gasteiger partial charge < -0.3 is 15.2 Å². The van der Waals surface area contributed by atoms with E-state index >= 15 is 0 Å². The molecule has 0 atom stereocenters. The van der Waals surface area contributed by atoms with Crippen LogP contribution in [0.25, 0.3) is 11.4 Å². The van der Waals surface area contributed by atoms with Gasteiger partial charge in [-0.3, -0.25) is 0 Å². The lowest BCUT2D eigenvalue weighted by molar-refractivity contribution is 0.297. The third-order valence-corrected chi connectivity index (χ3v) is 3.22. The lowest BCUT2D eigenvalue weighted by Crippen LogP contribution is -1.99. The van der Waals surface area contributed by atoms with Gasteiger partial charge in [0.15, 0.2) is 17.3 Å². The van der Waals surface area contributed by atoms with E-state index in [1.54, 1.807) is 12.1 Å². The quantitative estimate of drug-likeness (QED) is 0.875. The first-order valence-corrected chi connectivity index (χ1v) is 6.72. The molecule has 0 radical (unpaired) electrons. The van der Waals surface area contributed by atoms with Gasteiger partial charge in [0.05, 0.1) is 18.2 Å². The summed E-state index contributed by atoms with van der Waals surface area (Å²) < 4.78 is 11.3. The Balaban J connectivity index is 2.10. The number of benzene rings is 1. The second-order valence-electron chi connectivity index (χ2n) is 4.59. The summed E-state index contributed by atoms with van der Waals surface area (Å²) in [6.07, 6.45) is 0.828. The first-order chi connectivity index (χ1) is 9.63. The number of aryl methyl sites for hydroxylation is 1. The predicted molar refractivity (Wildman–Crippen MR) is 77.2 cm³/mol. The molecule has 0 spiro atoms. The van der Waals surface area contributed by atoms with Gasteiger partial charge in [-0.15, -0.1) is 0 Å². The molecule has 2 aromatic rings. The summed E-state index contributed by atoms with van der Waals surface area (Å²) in [5.41, 5.74) is 7.32. The summed E-state index contributed by atoms with van der Waals surface area (Å²) in [5.74, 6) is 2.15. The number of anilines is 1. The van der Waals surface area contributed by atoms with Gasteiger partial charge in [0.1, 0.15) is 5.82 Å². The van der Waals surface area contributed by atoms with Gasteiger partial charge in [0.25, 0.3) is 0 Å². The van der Waals surface area contributed by atoms with Gasteiger partial charge in [0, 0.05) is 23.7 Å². The van der Waals surface area contributed by atoms with Crippen molar-refractivity contribution >= 4 is 17.4 Å². The summed E-state index contributed by atoms with van der Waals surface area (Å²) >= 11 is 6.26. The number of halogens is 1. The molecule has 6 heteroatoms. The summed E-state index contributed by atoms with van der Waals surface area (Å²) in [7, 11) is 0. The molecule has 0 unspecified atom stereocenters. The van der Waals surface area contributed by atoms with Crippen LogP contribution in [0.15, 0.2) is 18.2 Å². The fraction of sp³-hybridized carbons (Fsp3) is 0.286. The minimum absolute atomic E-state index is 0.427. The number of hydrogen-bond acceptors (Lipinski definition) is 5. The zero-order valence-corrected chi connectivity index (χ0v) is 11.8. The van der Waals surface area contributed by atoms with Crippen LogP contribution in [0.4, 0.5) is 5.82 Å². The SMILES string of the molecule is Cc1cc(N)nc(-c2cc(Cl)c3c(c2)OCCCO3)n1. The van der Waals surface area contributed by atoms with E-state index in [4.69, 9.17) is 26.8 Å². The van der Waals surface area contributed by atoms with E-state index in [1.807, 2.05) is 13.0 Å². The molecular weight excluding hydrogens is 278 g/mol. The second kappa shape index (κ2) is 5.17. The van der Waals surface area contributed by atoms with Gasteiger partial charge in [-0.25, -0.2) is 9.97 Å². The minimum Gasteiger partial charge on any atom is -0.489 e. The number of fused-ring (bicyclic) bond motifs is 1. The van der Waals surface area contributed by atoms with Gasteiger partial charge in [-0.05, 0) is 19.1 Å². The number of nitrogen functional groups attached to an aromatic ring is 1. The number of rotatable bonds is 1. The van der Waals surface area contributed by atoms with E-state index in [1.165, 1.54) is 0 Å². The number of nitrogens with two attached hydrogens (primary N) is 1. The monoisotopic (exact) mass is 291 g/mol.